The smallest absolute Gasteiger partial charge is 0.282 e. The van der Waals surface area contributed by atoms with E-state index in [1.807, 2.05) is 18.2 Å². The predicted octanol–water partition coefficient (Wildman–Crippen LogP) is 2.12. The van der Waals surface area contributed by atoms with E-state index in [2.05, 4.69) is 21.6 Å². The van der Waals surface area contributed by atoms with E-state index in [0.29, 0.717) is 108 Å². The van der Waals surface area contributed by atoms with Crippen LogP contribution in [-0.2, 0) is 49.5 Å². The second kappa shape index (κ2) is 23.3. The highest BCUT2D eigenvalue weighted by Gasteiger charge is 2.45. The Morgan fingerprint density at radius 2 is 1.47 bits per heavy atom. The van der Waals surface area contributed by atoms with Crippen molar-refractivity contribution in [1.29, 1.82) is 0 Å². The van der Waals surface area contributed by atoms with Gasteiger partial charge < -0.3 is 54.4 Å². The first-order valence-electron chi connectivity index (χ1n) is 19.5. The van der Waals surface area contributed by atoms with E-state index in [4.69, 9.17) is 47.9 Å². The molecule has 5 N–H and O–H groups in total. The normalized spacial score (nSPS) is 18.8. The molecule has 3 aliphatic rings. The van der Waals surface area contributed by atoms with Gasteiger partial charge in [-0.1, -0.05) is 11.7 Å². The fraction of sp³-hybridized carbons (Fsp3) is 0.487. The molecule has 3 aromatic rings. The van der Waals surface area contributed by atoms with E-state index in [0.717, 1.165) is 23.9 Å². The molecule has 21 heteroatoms. The Labute approximate surface area is 344 Å². The molecule has 0 aromatic heterocycles. The lowest BCUT2D eigenvalue weighted by Gasteiger charge is -2.26. The number of rotatable bonds is 25. The fourth-order valence-electron chi connectivity index (χ4n) is 5.90. The van der Waals surface area contributed by atoms with Gasteiger partial charge in [-0.25, -0.2) is 13.6 Å². The summed E-state index contributed by atoms with van der Waals surface area (Å²) in [6.07, 6.45) is 0.0732. The second-order valence-electron chi connectivity index (χ2n) is 13.4. The van der Waals surface area contributed by atoms with Crippen molar-refractivity contribution in [2.75, 3.05) is 103 Å². The number of hydrogen-bond donors (Lipinski definition) is 5. The van der Waals surface area contributed by atoms with Gasteiger partial charge in [0, 0.05) is 44.1 Å². The second-order valence-corrected chi connectivity index (χ2v) is 13.4. The molecule has 0 saturated carbocycles. The zero-order valence-electron chi connectivity index (χ0n) is 32.9. The van der Waals surface area contributed by atoms with Crippen molar-refractivity contribution in [2.45, 2.75) is 31.4 Å². The largest absolute Gasteiger partial charge is 0.380 e. The molecule has 2 atom stereocenters. The van der Waals surface area contributed by atoms with Crippen molar-refractivity contribution < 1.29 is 71.3 Å². The molecule has 0 spiro atoms. The summed E-state index contributed by atoms with van der Waals surface area (Å²) in [4.78, 5) is 52.5. The highest BCUT2D eigenvalue weighted by Crippen LogP contribution is 2.41. The van der Waals surface area contributed by atoms with Gasteiger partial charge in [-0.05, 0) is 54.1 Å². The number of benzene rings is 3. The number of nitrogens with one attached hydrogen (secondary N) is 4. The SMILES string of the molecule is O=C(NCCOCCOCCOCCOCCOCCNc1cccc2c1ON(C1CCONO1)O2)c1ccc(N2CCC(O)(C(=O)NCc3cc(F)cc(F)c3)O2)cc1. The van der Waals surface area contributed by atoms with Crippen molar-refractivity contribution in [3.63, 3.8) is 0 Å². The van der Waals surface area contributed by atoms with Gasteiger partial charge in [0.25, 0.3) is 17.6 Å². The van der Waals surface area contributed by atoms with Crippen molar-refractivity contribution in [3.05, 3.63) is 83.4 Å². The van der Waals surface area contributed by atoms with Crippen molar-refractivity contribution in [2.24, 2.45) is 0 Å². The van der Waals surface area contributed by atoms with Crippen LogP contribution in [0.2, 0.25) is 0 Å². The van der Waals surface area contributed by atoms with Crippen LogP contribution in [0.25, 0.3) is 0 Å². The Morgan fingerprint density at radius 1 is 0.817 bits per heavy atom. The van der Waals surface area contributed by atoms with Crippen LogP contribution in [0, 0.1) is 11.6 Å². The van der Waals surface area contributed by atoms with E-state index < -0.39 is 29.6 Å². The highest BCUT2D eigenvalue weighted by atomic mass is 19.1. The van der Waals surface area contributed by atoms with E-state index in [1.165, 1.54) is 10.3 Å². The summed E-state index contributed by atoms with van der Waals surface area (Å²) in [6.45, 7) is 5.34. The van der Waals surface area contributed by atoms with E-state index >= 15 is 0 Å². The maximum atomic E-state index is 13.4. The molecular weight excluding hydrogens is 798 g/mol. The van der Waals surface area contributed by atoms with Crippen LogP contribution in [-0.4, -0.2) is 126 Å². The lowest BCUT2D eigenvalue weighted by molar-refractivity contribution is -0.376. The number of ether oxygens (including phenoxy) is 5. The van der Waals surface area contributed by atoms with Crippen molar-refractivity contribution in [3.8, 4) is 11.5 Å². The maximum absolute atomic E-state index is 13.4. The molecule has 0 radical (unpaired) electrons. The monoisotopic (exact) mass is 848 g/mol. The summed E-state index contributed by atoms with van der Waals surface area (Å²) in [7, 11) is 0. The van der Waals surface area contributed by atoms with Crippen LogP contribution in [0.4, 0.5) is 20.2 Å². The van der Waals surface area contributed by atoms with E-state index in [9.17, 15) is 23.5 Å². The van der Waals surface area contributed by atoms with Crippen LogP contribution in [0.5, 0.6) is 11.5 Å². The number of carbonyl (C=O) groups is 2. The third-order valence-electron chi connectivity index (χ3n) is 8.94. The van der Waals surface area contributed by atoms with E-state index in [-0.39, 0.29) is 37.5 Å². The molecule has 0 bridgehead atoms. The van der Waals surface area contributed by atoms with Crippen LogP contribution in [0.1, 0.15) is 28.8 Å². The maximum Gasteiger partial charge on any atom is 0.282 e. The molecule has 6 rings (SSSR count). The van der Waals surface area contributed by atoms with Crippen LogP contribution >= 0.6 is 0 Å². The van der Waals surface area contributed by atoms with Crippen molar-refractivity contribution in [1.82, 2.24) is 21.5 Å². The van der Waals surface area contributed by atoms with Gasteiger partial charge in [-0.2, -0.15) is 0 Å². The first-order chi connectivity index (χ1) is 29.3. The van der Waals surface area contributed by atoms with Gasteiger partial charge in [-0.3, -0.25) is 24.3 Å². The number of amides is 2. The van der Waals surface area contributed by atoms with Gasteiger partial charge in [0.15, 0.2) is 5.75 Å². The van der Waals surface area contributed by atoms with Gasteiger partial charge in [-0.15, -0.1) is 0 Å². The molecule has 3 aliphatic heterocycles. The summed E-state index contributed by atoms with van der Waals surface area (Å²) < 4.78 is 54.6. The Bertz CT molecular complexity index is 1790. The molecule has 2 fully saturated rings. The number of hydrogen-bond acceptors (Lipinski definition) is 17. The average Bonchev–Trinajstić information content (AvgIpc) is 3.89. The Hall–Kier alpha value is -4.78. The minimum atomic E-state index is -2.17. The minimum Gasteiger partial charge on any atom is -0.380 e. The Balaban J connectivity index is 0.708. The van der Waals surface area contributed by atoms with Crippen LogP contribution in [0.3, 0.4) is 0 Å². The number of carbonyl (C=O) groups excluding carboxylic acids is 2. The first kappa shape index (κ1) is 44.8. The highest BCUT2D eigenvalue weighted by molar-refractivity contribution is 5.94. The number of anilines is 2. The lowest BCUT2D eigenvalue weighted by atomic mass is 10.1. The quantitative estimate of drug-likeness (QED) is 0.0776. The number of aliphatic hydroxyl groups is 1. The molecular formula is C39H50F2N6O13. The minimum absolute atomic E-state index is 0.0510. The molecule has 2 unspecified atom stereocenters. The summed E-state index contributed by atoms with van der Waals surface area (Å²) in [5.41, 5.74) is 4.25. The number of fused-ring (bicyclic) bond motifs is 1. The summed E-state index contributed by atoms with van der Waals surface area (Å²) >= 11 is 0. The molecule has 3 heterocycles. The third kappa shape index (κ3) is 13.6. The zero-order valence-corrected chi connectivity index (χ0v) is 32.9. The Morgan fingerprint density at radius 3 is 2.12 bits per heavy atom. The topological polar surface area (TPSA) is 201 Å². The molecule has 328 valence electrons. The van der Waals surface area contributed by atoms with Gasteiger partial charge >= 0.3 is 0 Å². The van der Waals surface area contributed by atoms with Gasteiger partial charge in [0.1, 0.15) is 11.6 Å². The number of nitrogens with zero attached hydrogens (tertiary/aromatic N) is 2. The number of para-hydroxylation sites is 1. The molecule has 2 amide bonds. The Kier molecular flexibility index (Phi) is 17.4. The van der Waals surface area contributed by atoms with Crippen LogP contribution in [0.15, 0.2) is 60.7 Å². The fourth-order valence-corrected chi connectivity index (χ4v) is 5.90. The third-order valence-corrected chi connectivity index (χ3v) is 8.94. The summed E-state index contributed by atoms with van der Waals surface area (Å²) in [6, 6.07) is 14.9. The molecule has 0 aliphatic carbocycles. The number of halogens is 2. The molecule has 60 heavy (non-hydrogen) atoms. The first-order valence-corrected chi connectivity index (χ1v) is 19.5. The average molecular weight is 849 g/mol. The molecule has 2 saturated heterocycles. The van der Waals surface area contributed by atoms with Crippen molar-refractivity contribution >= 4 is 23.2 Å². The molecule has 19 nitrogen and oxygen atoms in total. The standard InChI is InChI=1S/C39H50F2N6O13/c40-30-24-28(25-31(41)26-30)27-44-38(49)39(50)9-12-46(60-39)32-6-4-29(5-7-32)37(48)43-11-15-52-17-19-54-21-23-55-22-20-53-18-16-51-14-10-42-33-2-1-3-34-36(33)59-47(58-34)35-8-13-56-45-57-35/h1-7,24-26,35,42,45,50H,8-23,27H2,(H,43,48)(H,44,49). The van der Waals surface area contributed by atoms with E-state index in [1.54, 1.807) is 24.3 Å². The summed E-state index contributed by atoms with van der Waals surface area (Å²) in [5, 5.41) is 21.9. The lowest BCUT2D eigenvalue weighted by Crippen LogP contribution is -2.47. The summed E-state index contributed by atoms with van der Waals surface area (Å²) in [5.74, 6) is -3.72. The zero-order chi connectivity index (χ0) is 42.0. The van der Waals surface area contributed by atoms with Crippen LogP contribution < -0.4 is 36.3 Å². The predicted molar refractivity (Wildman–Crippen MR) is 206 cm³/mol. The van der Waals surface area contributed by atoms with Gasteiger partial charge in [0.2, 0.25) is 12.0 Å². The molecule has 3 aromatic carbocycles. The van der Waals surface area contributed by atoms with Gasteiger partial charge in [0.05, 0.1) is 95.8 Å². The number of hydroxylamine groups is 3.